The van der Waals surface area contributed by atoms with Crippen molar-refractivity contribution >= 4 is 11.6 Å². The van der Waals surface area contributed by atoms with Crippen LogP contribution in [0.4, 0.5) is 0 Å². The van der Waals surface area contributed by atoms with E-state index in [1.54, 1.807) is 0 Å². The van der Waals surface area contributed by atoms with Crippen molar-refractivity contribution in [3.05, 3.63) is 46.5 Å². The van der Waals surface area contributed by atoms with Crippen LogP contribution in [0.15, 0.2) is 35.9 Å². The van der Waals surface area contributed by atoms with Gasteiger partial charge in [-0.3, -0.25) is 0 Å². The molecule has 0 spiro atoms. The van der Waals surface area contributed by atoms with Crippen LogP contribution in [0.2, 0.25) is 5.02 Å². The molecule has 1 heteroatoms. The largest absolute Gasteiger partial charge is 0.0843 e. The minimum Gasteiger partial charge on any atom is -0.0843 e. The molecular formula is C14H19Cl. The minimum atomic E-state index is 0.260. The fourth-order valence-corrected chi connectivity index (χ4v) is 1.84. The zero-order chi connectivity index (χ0) is 11.5. The van der Waals surface area contributed by atoms with Crippen molar-refractivity contribution in [2.75, 3.05) is 0 Å². The molecule has 0 bridgehead atoms. The Morgan fingerprint density at radius 1 is 1.20 bits per heavy atom. The van der Waals surface area contributed by atoms with Crippen LogP contribution >= 0.6 is 11.6 Å². The Bertz CT molecular complexity index is 339. The molecule has 0 nitrogen and oxygen atoms in total. The molecule has 1 aromatic carbocycles. The van der Waals surface area contributed by atoms with E-state index in [4.69, 9.17) is 11.6 Å². The van der Waals surface area contributed by atoms with E-state index >= 15 is 0 Å². The quantitative estimate of drug-likeness (QED) is 0.626. The highest BCUT2D eigenvalue weighted by Gasteiger charge is 2.06. The lowest BCUT2D eigenvalue weighted by Crippen LogP contribution is -2.01. The van der Waals surface area contributed by atoms with Crippen LogP contribution in [-0.2, 0) is 6.42 Å². The summed E-state index contributed by atoms with van der Waals surface area (Å²) in [5.74, 6) is 0. The monoisotopic (exact) mass is 222 g/mol. The van der Waals surface area contributed by atoms with Crippen LogP contribution in [0.5, 0.6) is 0 Å². The van der Waals surface area contributed by atoms with E-state index < -0.39 is 0 Å². The number of hydrogen-bond donors (Lipinski definition) is 0. The predicted molar refractivity (Wildman–Crippen MR) is 68.4 cm³/mol. The molecule has 0 aliphatic carbocycles. The van der Waals surface area contributed by atoms with Crippen LogP contribution in [0.25, 0.3) is 0 Å². The van der Waals surface area contributed by atoms with Crippen molar-refractivity contribution in [2.24, 2.45) is 5.41 Å². The number of allylic oxidation sites excluding steroid dienone is 2. The SMILES string of the molecule is CC(=CC(C)(C)C)Cc1ccc(Cl)cc1. The molecule has 0 aliphatic rings. The number of benzene rings is 1. The van der Waals surface area contributed by atoms with Crippen LogP contribution in [0.3, 0.4) is 0 Å². The van der Waals surface area contributed by atoms with E-state index in [0.717, 1.165) is 11.4 Å². The summed E-state index contributed by atoms with van der Waals surface area (Å²) in [5.41, 5.74) is 2.98. The highest BCUT2D eigenvalue weighted by molar-refractivity contribution is 6.30. The average molecular weight is 223 g/mol. The summed E-state index contributed by atoms with van der Waals surface area (Å²) in [5, 5.41) is 0.802. The lowest BCUT2D eigenvalue weighted by atomic mass is 9.92. The first-order chi connectivity index (χ1) is 6.87. The fraction of sp³-hybridized carbons (Fsp3) is 0.429. The van der Waals surface area contributed by atoms with Gasteiger partial charge in [0.05, 0.1) is 0 Å². The van der Waals surface area contributed by atoms with Crippen LogP contribution in [0.1, 0.15) is 33.3 Å². The molecule has 82 valence electrons. The Morgan fingerprint density at radius 2 is 1.73 bits per heavy atom. The maximum Gasteiger partial charge on any atom is 0.0406 e. The van der Waals surface area contributed by atoms with E-state index in [-0.39, 0.29) is 5.41 Å². The van der Waals surface area contributed by atoms with Crippen molar-refractivity contribution in [3.8, 4) is 0 Å². The molecule has 15 heavy (non-hydrogen) atoms. The molecule has 1 aromatic rings. The average Bonchev–Trinajstić information content (AvgIpc) is 2.05. The first kappa shape index (κ1) is 12.3. The summed E-state index contributed by atoms with van der Waals surface area (Å²) < 4.78 is 0. The smallest absolute Gasteiger partial charge is 0.0406 e. The van der Waals surface area contributed by atoms with Gasteiger partial charge in [-0.05, 0) is 36.5 Å². The molecule has 0 aliphatic heterocycles. The predicted octanol–water partition coefficient (Wildman–Crippen LogP) is 4.87. The van der Waals surface area contributed by atoms with Crippen molar-refractivity contribution in [3.63, 3.8) is 0 Å². The van der Waals surface area contributed by atoms with E-state index in [2.05, 4.69) is 45.9 Å². The summed E-state index contributed by atoms with van der Waals surface area (Å²) in [6, 6.07) is 8.06. The van der Waals surface area contributed by atoms with Crippen molar-refractivity contribution in [2.45, 2.75) is 34.1 Å². The van der Waals surface area contributed by atoms with Gasteiger partial charge in [0.2, 0.25) is 0 Å². The minimum absolute atomic E-state index is 0.260. The van der Waals surface area contributed by atoms with Gasteiger partial charge in [-0.25, -0.2) is 0 Å². The van der Waals surface area contributed by atoms with Gasteiger partial charge in [-0.2, -0.15) is 0 Å². The third-order valence-corrected chi connectivity index (χ3v) is 2.33. The van der Waals surface area contributed by atoms with Gasteiger partial charge in [0.15, 0.2) is 0 Å². The number of halogens is 1. The first-order valence-corrected chi connectivity index (χ1v) is 5.67. The van der Waals surface area contributed by atoms with Crippen LogP contribution in [0, 0.1) is 5.41 Å². The lowest BCUT2D eigenvalue weighted by Gasteiger charge is -2.14. The Kier molecular flexibility index (Phi) is 3.98. The fourth-order valence-electron chi connectivity index (χ4n) is 1.71. The zero-order valence-corrected chi connectivity index (χ0v) is 10.7. The molecule has 0 unspecified atom stereocenters. The Morgan fingerprint density at radius 3 is 2.20 bits per heavy atom. The second kappa shape index (κ2) is 4.85. The molecule has 0 atom stereocenters. The Labute approximate surface area is 98.0 Å². The van der Waals surface area contributed by atoms with Crippen LogP contribution in [-0.4, -0.2) is 0 Å². The second-order valence-electron chi connectivity index (χ2n) is 5.16. The second-order valence-corrected chi connectivity index (χ2v) is 5.60. The normalized spacial score (nSPS) is 13.0. The van der Waals surface area contributed by atoms with Gasteiger partial charge in [-0.1, -0.05) is 56.2 Å². The lowest BCUT2D eigenvalue weighted by molar-refractivity contribution is 0.538. The van der Waals surface area contributed by atoms with Gasteiger partial charge in [-0.15, -0.1) is 0 Å². The molecule has 0 radical (unpaired) electrons. The molecule has 0 saturated carbocycles. The van der Waals surface area contributed by atoms with E-state index in [1.807, 2.05) is 12.1 Å². The number of rotatable bonds is 2. The highest BCUT2D eigenvalue weighted by Crippen LogP contribution is 2.20. The van der Waals surface area contributed by atoms with Crippen molar-refractivity contribution < 1.29 is 0 Å². The van der Waals surface area contributed by atoms with Gasteiger partial charge in [0, 0.05) is 5.02 Å². The topological polar surface area (TPSA) is 0 Å². The standard InChI is InChI=1S/C14H19Cl/c1-11(10-14(2,3)4)9-12-5-7-13(15)8-6-12/h5-8,10H,9H2,1-4H3. The third-order valence-electron chi connectivity index (χ3n) is 2.08. The summed E-state index contributed by atoms with van der Waals surface area (Å²) in [4.78, 5) is 0. The maximum absolute atomic E-state index is 5.84. The summed E-state index contributed by atoms with van der Waals surface area (Å²) in [6.07, 6.45) is 3.33. The maximum atomic E-state index is 5.84. The van der Waals surface area contributed by atoms with E-state index in [9.17, 15) is 0 Å². The van der Waals surface area contributed by atoms with Crippen molar-refractivity contribution in [1.82, 2.24) is 0 Å². The summed E-state index contributed by atoms with van der Waals surface area (Å²) in [7, 11) is 0. The van der Waals surface area contributed by atoms with Gasteiger partial charge < -0.3 is 0 Å². The molecule has 1 rings (SSSR count). The molecule has 0 N–H and O–H groups in total. The third kappa shape index (κ3) is 5.03. The molecule has 0 amide bonds. The summed E-state index contributed by atoms with van der Waals surface area (Å²) in [6.45, 7) is 8.84. The molecule has 0 aromatic heterocycles. The van der Waals surface area contributed by atoms with Gasteiger partial charge in [0.25, 0.3) is 0 Å². The van der Waals surface area contributed by atoms with Gasteiger partial charge in [0.1, 0.15) is 0 Å². The summed E-state index contributed by atoms with van der Waals surface area (Å²) >= 11 is 5.84. The Balaban J connectivity index is 2.70. The number of hydrogen-bond acceptors (Lipinski definition) is 0. The van der Waals surface area contributed by atoms with E-state index in [0.29, 0.717) is 0 Å². The molecule has 0 saturated heterocycles. The molecule has 0 fully saturated rings. The van der Waals surface area contributed by atoms with E-state index in [1.165, 1.54) is 11.1 Å². The first-order valence-electron chi connectivity index (χ1n) is 5.29. The zero-order valence-electron chi connectivity index (χ0n) is 9.97. The van der Waals surface area contributed by atoms with Crippen LogP contribution < -0.4 is 0 Å². The van der Waals surface area contributed by atoms with Crippen molar-refractivity contribution in [1.29, 1.82) is 0 Å². The molecule has 0 heterocycles. The van der Waals surface area contributed by atoms with Gasteiger partial charge >= 0.3 is 0 Å². The highest BCUT2D eigenvalue weighted by atomic mass is 35.5. The molecular weight excluding hydrogens is 204 g/mol. The Hall–Kier alpha value is -0.750.